The van der Waals surface area contributed by atoms with Gasteiger partial charge in [-0.25, -0.2) is 0 Å². The van der Waals surface area contributed by atoms with Gasteiger partial charge in [-0.15, -0.1) is 0 Å². The molecule has 4 rings (SSSR count). The summed E-state index contributed by atoms with van der Waals surface area (Å²) < 4.78 is 6.91. The Morgan fingerprint density at radius 3 is 2.10 bits per heavy atom. The fourth-order valence-corrected chi connectivity index (χ4v) is 4.00. The third-order valence-corrected chi connectivity index (χ3v) is 5.30. The topological polar surface area (TPSA) is 84.7 Å². The van der Waals surface area contributed by atoms with Gasteiger partial charge in [0.05, 0.1) is 13.2 Å². The van der Waals surface area contributed by atoms with Gasteiger partial charge in [-0.05, 0) is 11.1 Å². The van der Waals surface area contributed by atoms with Gasteiger partial charge >= 0.3 is 11.6 Å². The zero-order chi connectivity index (χ0) is 20.5. The molecule has 29 heavy (non-hydrogen) atoms. The van der Waals surface area contributed by atoms with Crippen LogP contribution in [0.5, 0.6) is 11.8 Å². The SMILES string of the molecule is COc1nc(=O)c(O)c2n1[C@@H](C(c1ccccc1)c1ccccc1)CN(C)C2=O. The molecule has 0 bridgehead atoms. The van der Waals surface area contributed by atoms with Crippen molar-refractivity contribution < 1.29 is 14.6 Å². The molecule has 2 aromatic carbocycles. The average molecular weight is 391 g/mol. The minimum Gasteiger partial charge on any atom is -0.501 e. The number of carbonyl (C=O) groups excluding carboxylic acids is 1. The lowest BCUT2D eigenvalue weighted by atomic mass is 9.83. The van der Waals surface area contributed by atoms with Crippen molar-refractivity contribution in [2.45, 2.75) is 12.0 Å². The fourth-order valence-electron chi connectivity index (χ4n) is 4.00. The lowest BCUT2D eigenvalue weighted by molar-refractivity contribution is 0.0688. The lowest BCUT2D eigenvalue weighted by Gasteiger charge is -2.39. The molecule has 7 nitrogen and oxygen atoms in total. The van der Waals surface area contributed by atoms with E-state index in [1.807, 2.05) is 60.7 Å². The van der Waals surface area contributed by atoms with Gasteiger partial charge in [-0.3, -0.25) is 14.2 Å². The number of amides is 1. The van der Waals surface area contributed by atoms with E-state index in [1.54, 1.807) is 11.6 Å². The zero-order valence-corrected chi connectivity index (χ0v) is 16.1. The third kappa shape index (κ3) is 3.14. The van der Waals surface area contributed by atoms with Crippen molar-refractivity contribution in [2.24, 2.45) is 0 Å². The van der Waals surface area contributed by atoms with E-state index in [9.17, 15) is 14.7 Å². The lowest BCUT2D eigenvalue weighted by Crippen LogP contribution is -2.45. The Kier molecular flexibility index (Phi) is 4.80. The van der Waals surface area contributed by atoms with E-state index in [0.717, 1.165) is 11.1 Å². The molecule has 1 aliphatic heterocycles. The van der Waals surface area contributed by atoms with E-state index < -0.39 is 17.2 Å². The maximum atomic E-state index is 12.8. The van der Waals surface area contributed by atoms with Crippen molar-refractivity contribution in [1.82, 2.24) is 14.5 Å². The van der Waals surface area contributed by atoms with Crippen LogP contribution in [0.15, 0.2) is 65.5 Å². The van der Waals surface area contributed by atoms with Crippen LogP contribution in [0.4, 0.5) is 0 Å². The number of likely N-dealkylation sites (N-methyl/N-ethyl adjacent to an activating group) is 1. The van der Waals surface area contributed by atoms with E-state index in [-0.39, 0.29) is 23.7 Å². The summed E-state index contributed by atoms with van der Waals surface area (Å²) in [5, 5.41) is 10.4. The molecule has 0 radical (unpaired) electrons. The number of ether oxygens (including phenoxy) is 1. The summed E-state index contributed by atoms with van der Waals surface area (Å²) in [6, 6.07) is 19.5. The first-order valence-electron chi connectivity index (χ1n) is 9.27. The molecule has 7 heteroatoms. The number of benzene rings is 2. The second-order valence-electron chi connectivity index (χ2n) is 7.02. The summed E-state index contributed by atoms with van der Waals surface area (Å²) in [6.45, 7) is 0.362. The molecule has 2 heterocycles. The summed E-state index contributed by atoms with van der Waals surface area (Å²) in [4.78, 5) is 30.3. The highest BCUT2D eigenvalue weighted by Crippen LogP contribution is 2.41. The number of methoxy groups -OCH3 is 1. The number of rotatable bonds is 4. The predicted molar refractivity (Wildman–Crippen MR) is 107 cm³/mol. The van der Waals surface area contributed by atoms with Crippen molar-refractivity contribution in [1.29, 1.82) is 0 Å². The van der Waals surface area contributed by atoms with Crippen molar-refractivity contribution in [3.63, 3.8) is 0 Å². The molecule has 0 saturated carbocycles. The summed E-state index contributed by atoms with van der Waals surface area (Å²) in [5.41, 5.74) is 1.10. The third-order valence-electron chi connectivity index (χ3n) is 5.30. The molecular formula is C22H21N3O4. The van der Waals surface area contributed by atoms with Crippen molar-refractivity contribution in [2.75, 3.05) is 20.7 Å². The van der Waals surface area contributed by atoms with Gasteiger partial charge < -0.3 is 14.7 Å². The van der Waals surface area contributed by atoms with Crippen molar-refractivity contribution >= 4 is 5.91 Å². The van der Waals surface area contributed by atoms with Crippen LogP contribution in [0.3, 0.4) is 0 Å². The van der Waals surface area contributed by atoms with Crippen LogP contribution < -0.4 is 10.3 Å². The monoisotopic (exact) mass is 391 g/mol. The first-order chi connectivity index (χ1) is 14.0. The average Bonchev–Trinajstić information content (AvgIpc) is 2.75. The minimum absolute atomic E-state index is 0.00566. The Balaban J connectivity index is 2.01. The molecule has 0 spiro atoms. The molecule has 3 aromatic rings. The van der Waals surface area contributed by atoms with E-state index in [2.05, 4.69) is 4.98 Å². The Bertz CT molecular complexity index is 1060. The molecule has 1 amide bonds. The van der Waals surface area contributed by atoms with Crippen LogP contribution in [0.2, 0.25) is 0 Å². The molecular weight excluding hydrogens is 370 g/mol. The Morgan fingerprint density at radius 2 is 1.59 bits per heavy atom. The van der Waals surface area contributed by atoms with E-state index >= 15 is 0 Å². The standard InChI is InChI=1S/C22H21N3O4/c1-24-13-16(25-18(21(24)28)19(26)20(27)23-22(25)29-2)17(14-9-5-3-6-10-14)15-11-7-4-8-12-15/h3-12,16-17,26H,13H2,1-2H3/t16-/m1/s1. The van der Waals surface area contributed by atoms with Gasteiger partial charge in [0.25, 0.3) is 5.91 Å². The van der Waals surface area contributed by atoms with Crippen LogP contribution in [0.25, 0.3) is 0 Å². The van der Waals surface area contributed by atoms with Crippen LogP contribution in [0, 0.1) is 0 Å². The van der Waals surface area contributed by atoms with E-state index in [0.29, 0.717) is 6.54 Å². The van der Waals surface area contributed by atoms with Crippen molar-refractivity contribution in [3.8, 4) is 11.8 Å². The molecule has 0 fully saturated rings. The van der Waals surface area contributed by atoms with E-state index in [1.165, 1.54) is 12.0 Å². The van der Waals surface area contributed by atoms with Gasteiger partial charge in [-0.2, -0.15) is 4.98 Å². The second kappa shape index (κ2) is 7.43. The molecule has 1 aromatic heterocycles. The normalized spacial score (nSPS) is 16.0. The smallest absolute Gasteiger partial charge is 0.318 e. The first kappa shape index (κ1) is 18.7. The Labute approximate surface area is 167 Å². The van der Waals surface area contributed by atoms with Crippen molar-refractivity contribution in [3.05, 3.63) is 87.8 Å². The molecule has 0 unspecified atom stereocenters. The summed E-state index contributed by atoms with van der Waals surface area (Å²) >= 11 is 0. The highest BCUT2D eigenvalue weighted by molar-refractivity contribution is 5.95. The molecule has 0 aliphatic carbocycles. The number of nitrogens with zero attached hydrogens (tertiary/aromatic N) is 3. The molecule has 1 aliphatic rings. The molecule has 1 N–H and O–H groups in total. The predicted octanol–water partition coefficient (Wildman–Crippen LogP) is 2.42. The first-order valence-corrected chi connectivity index (χ1v) is 9.27. The summed E-state index contributed by atoms with van der Waals surface area (Å²) in [7, 11) is 3.05. The van der Waals surface area contributed by atoms with Crippen LogP contribution in [0.1, 0.15) is 33.6 Å². The van der Waals surface area contributed by atoms with E-state index in [4.69, 9.17) is 4.74 Å². The number of fused-ring (bicyclic) bond motifs is 1. The maximum absolute atomic E-state index is 12.8. The van der Waals surface area contributed by atoms with Crippen LogP contribution >= 0.6 is 0 Å². The zero-order valence-electron chi connectivity index (χ0n) is 16.1. The second-order valence-corrected chi connectivity index (χ2v) is 7.02. The number of aromatic nitrogens is 2. The Morgan fingerprint density at radius 1 is 1.03 bits per heavy atom. The Hall–Kier alpha value is -3.61. The van der Waals surface area contributed by atoms with Gasteiger partial charge in [-0.1, -0.05) is 60.7 Å². The fraction of sp³-hybridized carbons (Fsp3) is 0.227. The number of hydrogen-bond acceptors (Lipinski definition) is 5. The number of aromatic hydroxyl groups is 1. The van der Waals surface area contributed by atoms with Gasteiger partial charge in [0.15, 0.2) is 5.69 Å². The quantitative estimate of drug-likeness (QED) is 0.738. The molecule has 148 valence electrons. The molecule has 0 saturated heterocycles. The largest absolute Gasteiger partial charge is 0.501 e. The van der Waals surface area contributed by atoms with Gasteiger partial charge in [0.2, 0.25) is 5.75 Å². The number of hydrogen-bond donors (Lipinski definition) is 1. The maximum Gasteiger partial charge on any atom is 0.318 e. The highest BCUT2D eigenvalue weighted by atomic mass is 16.5. The highest BCUT2D eigenvalue weighted by Gasteiger charge is 2.39. The number of carbonyl (C=O) groups is 1. The van der Waals surface area contributed by atoms with Gasteiger partial charge in [0, 0.05) is 19.5 Å². The van der Waals surface area contributed by atoms with Gasteiger partial charge in [0.1, 0.15) is 0 Å². The van der Waals surface area contributed by atoms with Crippen LogP contribution in [-0.4, -0.2) is 46.2 Å². The van der Waals surface area contributed by atoms with Crippen LogP contribution in [-0.2, 0) is 0 Å². The minimum atomic E-state index is -0.883. The summed E-state index contributed by atoms with van der Waals surface area (Å²) in [5.74, 6) is -1.27. The summed E-state index contributed by atoms with van der Waals surface area (Å²) in [6.07, 6.45) is 0. The molecule has 1 atom stereocenters.